The lowest BCUT2D eigenvalue weighted by Crippen LogP contribution is -2.20. The van der Waals surface area contributed by atoms with Crippen LogP contribution in [0, 0.1) is 6.92 Å². The molecule has 0 amide bonds. The van der Waals surface area contributed by atoms with E-state index in [9.17, 15) is 0 Å². The highest BCUT2D eigenvalue weighted by atomic mass is 35.5. The molecule has 1 unspecified atom stereocenters. The molecule has 102 valence electrons. The van der Waals surface area contributed by atoms with E-state index in [0.29, 0.717) is 18.2 Å². The minimum Gasteiger partial charge on any atom is -0.383 e. The highest BCUT2D eigenvalue weighted by Crippen LogP contribution is 2.25. The van der Waals surface area contributed by atoms with Crippen molar-refractivity contribution < 1.29 is 4.74 Å². The molecule has 0 aliphatic carbocycles. The maximum Gasteiger partial charge on any atom is 0.0912 e. The van der Waals surface area contributed by atoms with Gasteiger partial charge in [0.15, 0.2) is 0 Å². The van der Waals surface area contributed by atoms with E-state index < -0.39 is 6.04 Å². The van der Waals surface area contributed by atoms with Gasteiger partial charge in [0.25, 0.3) is 0 Å². The van der Waals surface area contributed by atoms with Crippen molar-refractivity contribution in [3.63, 3.8) is 0 Å². The van der Waals surface area contributed by atoms with Crippen LogP contribution in [-0.4, -0.2) is 28.5 Å². The van der Waals surface area contributed by atoms with Gasteiger partial charge in [-0.05, 0) is 19.1 Å². The second-order valence-electron chi connectivity index (χ2n) is 4.28. The van der Waals surface area contributed by atoms with Gasteiger partial charge in [-0.3, -0.25) is 9.67 Å². The lowest BCUT2D eigenvalue weighted by molar-refractivity contribution is 0.182. The van der Waals surface area contributed by atoms with E-state index in [4.69, 9.17) is 22.1 Å². The van der Waals surface area contributed by atoms with E-state index in [1.165, 1.54) is 0 Å². The summed E-state index contributed by atoms with van der Waals surface area (Å²) in [5, 5.41) is 4.77. The highest BCUT2D eigenvalue weighted by Gasteiger charge is 2.19. The van der Waals surface area contributed by atoms with Crippen LogP contribution in [0.2, 0.25) is 5.02 Å². The number of aromatic nitrogens is 3. The van der Waals surface area contributed by atoms with Crippen molar-refractivity contribution >= 4 is 11.6 Å². The fraction of sp³-hybridized carbons (Fsp3) is 0.385. The topological polar surface area (TPSA) is 66.0 Å². The van der Waals surface area contributed by atoms with E-state index in [-0.39, 0.29) is 0 Å². The number of nitrogens with zero attached hydrogens (tertiary/aromatic N) is 3. The van der Waals surface area contributed by atoms with Crippen molar-refractivity contribution in [2.45, 2.75) is 19.5 Å². The molecule has 0 saturated heterocycles. The van der Waals surface area contributed by atoms with Crippen molar-refractivity contribution in [3.05, 3.63) is 46.5 Å². The summed E-state index contributed by atoms with van der Waals surface area (Å²) in [6.45, 7) is 3.09. The first kappa shape index (κ1) is 14.0. The van der Waals surface area contributed by atoms with E-state index in [2.05, 4.69) is 10.1 Å². The number of halogens is 1. The Balaban J connectivity index is 2.32. The van der Waals surface area contributed by atoms with Crippen LogP contribution in [0.1, 0.15) is 23.1 Å². The molecule has 0 saturated carbocycles. The molecule has 0 radical (unpaired) electrons. The molecule has 0 fully saturated rings. The van der Waals surface area contributed by atoms with Gasteiger partial charge in [0.1, 0.15) is 0 Å². The molecule has 0 aromatic carbocycles. The van der Waals surface area contributed by atoms with Crippen LogP contribution in [0.15, 0.2) is 24.4 Å². The highest BCUT2D eigenvalue weighted by molar-refractivity contribution is 6.31. The summed E-state index contributed by atoms with van der Waals surface area (Å²) in [6.07, 6.45) is 1.60. The Morgan fingerprint density at radius 3 is 2.95 bits per heavy atom. The smallest absolute Gasteiger partial charge is 0.0912 e. The zero-order valence-corrected chi connectivity index (χ0v) is 11.8. The summed E-state index contributed by atoms with van der Waals surface area (Å²) in [7, 11) is 1.65. The fourth-order valence-corrected chi connectivity index (χ4v) is 2.17. The van der Waals surface area contributed by atoms with Crippen molar-refractivity contribution in [2.24, 2.45) is 5.73 Å². The Morgan fingerprint density at radius 2 is 2.26 bits per heavy atom. The van der Waals surface area contributed by atoms with E-state index in [1.54, 1.807) is 18.0 Å². The van der Waals surface area contributed by atoms with Crippen LogP contribution in [-0.2, 0) is 11.3 Å². The normalized spacial score (nSPS) is 12.6. The third kappa shape index (κ3) is 3.12. The zero-order valence-electron chi connectivity index (χ0n) is 11.0. The van der Waals surface area contributed by atoms with Crippen LogP contribution < -0.4 is 5.73 Å². The lowest BCUT2D eigenvalue weighted by atomic mass is 10.1. The Morgan fingerprint density at radius 1 is 1.47 bits per heavy atom. The first-order valence-electron chi connectivity index (χ1n) is 6.02. The van der Waals surface area contributed by atoms with Crippen molar-refractivity contribution in [1.29, 1.82) is 0 Å². The Bertz CT molecular complexity index is 555. The number of nitrogens with two attached hydrogens (primary N) is 1. The summed E-state index contributed by atoms with van der Waals surface area (Å²) in [6, 6.07) is 5.36. The maximum absolute atomic E-state index is 6.25. The van der Waals surface area contributed by atoms with Crippen LogP contribution >= 0.6 is 11.6 Å². The van der Waals surface area contributed by atoms with Crippen molar-refractivity contribution in [2.75, 3.05) is 13.7 Å². The molecule has 6 heteroatoms. The van der Waals surface area contributed by atoms with Gasteiger partial charge in [-0.25, -0.2) is 0 Å². The average molecular weight is 281 g/mol. The monoisotopic (exact) mass is 280 g/mol. The minimum atomic E-state index is -0.397. The molecule has 2 rings (SSSR count). The summed E-state index contributed by atoms with van der Waals surface area (Å²) < 4.78 is 6.82. The summed E-state index contributed by atoms with van der Waals surface area (Å²) in [4.78, 5) is 4.44. The molecular weight excluding hydrogens is 264 g/mol. The molecule has 2 aromatic rings. The second kappa shape index (κ2) is 6.14. The zero-order chi connectivity index (χ0) is 13.8. The van der Waals surface area contributed by atoms with Gasteiger partial charge in [-0.15, -0.1) is 0 Å². The summed E-state index contributed by atoms with van der Waals surface area (Å²) >= 11 is 6.18. The lowest BCUT2D eigenvalue weighted by Gasteiger charge is -2.15. The Kier molecular flexibility index (Phi) is 4.52. The largest absolute Gasteiger partial charge is 0.383 e. The number of ether oxygens (including phenoxy) is 1. The molecular formula is C13H17ClN4O. The second-order valence-corrected chi connectivity index (χ2v) is 4.68. The predicted molar refractivity (Wildman–Crippen MR) is 74.1 cm³/mol. The quantitative estimate of drug-likeness (QED) is 0.909. The van der Waals surface area contributed by atoms with Gasteiger partial charge in [0, 0.05) is 12.8 Å². The molecule has 1 atom stereocenters. The first-order chi connectivity index (χ1) is 9.13. The molecule has 19 heavy (non-hydrogen) atoms. The number of hydrogen-bond donors (Lipinski definition) is 1. The maximum atomic E-state index is 6.25. The minimum absolute atomic E-state index is 0.397. The van der Waals surface area contributed by atoms with E-state index in [1.807, 2.05) is 25.1 Å². The van der Waals surface area contributed by atoms with Crippen molar-refractivity contribution in [3.8, 4) is 0 Å². The van der Waals surface area contributed by atoms with Gasteiger partial charge in [-0.2, -0.15) is 5.10 Å². The SMILES string of the molecule is COCCn1ncc(Cl)c1C(N)c1cccc(C)n1. The Labute approximate surface area is 117 Å². The van der Waals surface area contributed by atoms with Crippen LogP contribution in [0.25, 0.3) is 0 Å². The van der Waals surface area contributed by atoms with Crippen LogP contribution in [0.5, 0.6) is 0 Å². The molecule has 0 aliphatic rings. The van der Waals surface area contributed by atoms with Gasteiger partial charge in [-0.1, -0.05) is 17.7 Å². The number of methoxy groups -OCH3 is 1. The van der Waals surface area contributed by atoms with Gasteiger partial charge >= 0.3 is 0 Å². The number of aryl methyl sites for hydroxylation is 1. The van der Waals surface area contributed by atoms with Gasteiger partial charge in [0.05, 0.1) is 41.8 Å². The predicted octanol–water partition coefficient (Wildman–Crippen LogP) is 1.93. The Hall–Kier alpha value is -1.43. The molecule has 2 N–H and O–H groups in total. The van der Waals surface area contributed by atoms with E-state index >= 15 is 0 Å². The summed E-state index contributed by atoms with van der Waals surface area (Å²) in [5.74, 6) is 0. The van der Waals surface area contributed by atoms with Crippen LogP contribution in [0.4, 0.5) is 0 Å². The number of rotatable bonds is 5. The molecule has 5 nitrogen and oxygen atoms in total. The molecule has 2 aromatic heterocycles. The third-order valence-corrected chi connectivity index (χ3v) is 3.15. The van der Waals surface area contributed by atoms with E-state index in [0.717, 1.165) is 17.1 Å². The van der Waals surface area contributed by atoms with Crippen LogP contribution in [0.3, 0.4) is 0 Å². The molecule has 0 bridgehead atoms. The van der Waals surface area contributed by atoms with Gasteiger partial charge in [0.2, 0.25) is 0 Å². The van der Waals surface area contributed by atoms with Gasteiger partial charge < -0.3 is 10.5 Å². The first-order valence-corrected chi connectivity index (χ1v) is 6.40. The average Bonchev–Trinajstić information content (AvgIpc) is 2.76. The van der Waals surface area contributed by atoms with Crippen molar-refractivity contribution in [1.82, 2.24) is 14.8 Å². The number of pyridine rings is 1. The fourth-order valence-electron chi connectivity index (χ4n) is 1.91. The number of hydrogen-bond acceptors (Lipinski definition) is 4. The molecule has 0 aliphatic heterocycles. The molecule has 0 spiro atoms. The standard InChI is InChI=1S/C13H17ClN4O/c1-9-4-3-5-11(17-9)12(15)13-10(14)8-16-18(13)6-7-19-2/h3-5,8,12H,6-7,15H2,1-2H3. The third-order valence-electron chi connectivity index (χ3n) is 2.86. The summed E-state index contributed by atoms with van der Waals surface area (Å²) in [5.41, 5.74) is 8.72. The molecule has 2 heterocycles.